The third-order valence-electron chi connectivity index (χ3n) is 6.09. The Balaban J connectivity index is 1.09. The van der Waals surface area contributed by atoms with Crippen molar-refractivity contribution in [3.05, 3.63) is 88.5 Å². The number of thiophene rings is 1. The molecule has 186 valence electrons. The van der Waals surface area contributed by atoms with E-state index in [-0.39, 0.29) is 5.82 Å². The smallest absolute Gasteiger partial charge is 0.229 e. The Morgan fingerprint density at radius 2 is 1.69 bits per heavy atom. The molecule has 3 heterocycles. The number of nitrogens with one attached hydrogen (secondary N) is 3. The fraction of sp³-hybridized carbons (Fsp3) is 0.259. The molecule has 9 heteroatoms. The second-order valence-corrected chi connectivity index (χ2v) is 10.9. The minimum atomic E-state index is -0.270. The van der Waals surface area contributed by atoms with E-state index in [9.17, 15) is 4.39 Å². The van der Waals surface area contributed by atoms with Crippen LogP contribution in [0, 0.1) is 12.7 Å². The molecule has 1 aliphatic rings. The van der Waals surface area contributed by atoms with Gasteiger partial charge in [0.1, 0.15) is 11.6 Å². The molecular weight excluding hydrogens is 491 g/mol. The van der Waals surface area contributed by atoms with E-state index in [1.54, 1.807) is 24.4 Å². The number of hydrogen-bond acceptors (Lipinski definition) is 8. The molecule has 0 aliphatic carbocycles. The van der Waals surface area contributed by atoms with E-state index in [0.29, 0.717) is 17.8 Å². The van der Waals surface area contributed by atoms with Gasteiger partial charge in [-0.3, -0.25) is 0 Å². The third kappa shape index (κ3) is 6.82. The lowest BCUT2D eigenvalue weighted by molar-refractivity contribution is 0.307. The maximum Gasteiger partial charge on any atom is 0.229 e. The lowest BCUT2D eigenvalue weighted by Gasteiger charge is -2.31. The van der Waals surface area contributed by atoms with E-state index in [2.05, 4.69) is 60.7 Å². The predicted molar refractivity (Wildman–Crippen MR) is 148 cm³/mol. The van der Waals surface area contributed by atoms with Crippen LogP contribution in [0.5, 0.6) is 0 Å². The van der Waals surface area contributed by atoms with Gasteiger partial charge in [0.15, 0.2) is 0 Å². The quantitative estimate of drug-likeness (QED) is 0.211. The van der Waals surface area contributed by atoms with Crippen LogP contribution in [-0.4, -0.2) is 33.4 Å². The molecule has 0 unspecified atom stereocenters. The molecule has 0 saturated carbocycles. The van der Waals surface area contributed by atoms with Crippen molar-refractivity contribution in [1.29, 1.82) is 0 Å². The van der Waals surface area contributed by atoms with Crippen molar-refractivity contribution < 1.29 is 4.39 Å². The molecule has 0 bridgehead atoms. The topological polar surface area (TPSA) is 65.1 Å². The van der Waals surface area contributed by atoms with Gasteiger partial charge < -0.3 is 16.0 Å². The number of aromatic nitrogens is 2. The van der Waals surface area contributed by atoms with E-state index in [4.69, 9.17) is 0 Å². The first kappa shape index (κ1) is 24.7. The zero-order valence-electron chi connectivity index (χ0n) is 20.1. The Hall–Kier alpha value is -2.98. The Kier molecular flexibility index (Phi) is 8.12. The summed E-state index contributed by atoms with van der Waals surface area (Å²) in [6.07, 6.45) is 4.01. The van der Waals surface area contributed by atoms with Gasteiger partial charge in [-0.05, 0) is 103 Å². The van der Waals surface area contributed by atoms with Crippen molar-refractivity contribution >= 4 is 46.4 Å². The standard InChI is InChI=1S/C27H29FN6S2/c1-19-13-17-35-25(19)18-30-21-11-15-34(16-12-21)36-24-8-6-23(7-9-24)32-27-29-14-10-26(33-27)31-22-4-2-20(28)3-5-22/h2-10,13-14,17,21,30H,11-12,15-16,18H2,1H3,(H2,29,31,32,33). The summed E-state index contributed by atoms with van der Waals surface area (Å²) < 4.78 is 15.6. The fourth-order valence-electron chi connectivity index (χ4n) is 4.02. The number of halogens is 1. The average Bonchev–Trinajstić information content (AvgIpc) is 3.31. The average molecular weight is 521 g/mol. The van der Waals surface area contributed by atoms with E-state index in [1.807, 2.05) is 35.4 Å². The van der Waals surface area contributed by atoms with E-state index < -0.39 is 0 Å². The summed E-state index contributed by atoms with van der Waals surface area (Å²) in [7, 11) is 0. The summed E-state index contributed by atoms with van der Waals surface area (Å²) in [6.45, 7) is 5.32. The maximum atomic E-state index is 13.1. The molecule has 4 aromatic rings. The first-order valence-electron chi connectivity index (χ1n) is 12.0. The summed E-state index contributed by atoms with van der Waals surface area (Å²) in [5.41, 5.74) is 3.07. The molecule has 0 atom stereocenters. The second kappa shape index (κ2) is 11.8. The van der Waals surface area contributed by atoms with Crippen LogP contribution in [-0.2, 0) is 6.54 Å². The number of piperidine rings is 1. The van der Waals surface area contributed by atoms with E-state index in [0.717, 1.165) is 43.9 Å². The SMILES string of the molecule is Cc1ccsc1CNC1CCN(Sc2ccc(Nc3nccc(Nc4ccc(F)cc4)n3)cc2)CC1. The molecular formula is C27H29FN6S2. The van der Waals surface area contributed by atoms with Crippen LogP contribution in [0.3, 0.4) is 0 Å². The normalized spacial score (nSPS) is 14.6. The van der Waals surface area contributed by atoms with Crippen molar-refractivity contribution in [3.8, 4) is 0 Å². The van der Waals surface area contributed by atoms with Gasteiger partial charge in [0.25, 0.3) is 0 Å². The van der Waals surface area contributed by atoms with Crippen molar-refractivity contribution in [3.63, 3.8) is 0 Å². The lowest BCUT2D eigenvalue weighted by atomic mass is 10.1. The largest absolute Gasteiger partial charge is 0.340 e. The van der Waals surface area contributed by atoms with Crippen molar-refractivity contribution in [1.82, 2.24) is 19.6 Å². The van der Waals surface area contributed by atoms with Crippen LogP contribution >= 0.6 is 23.3 Å². The molecule has 0 spiro atoms. The molecule has 0 amide bonds. The van der Waals surface area contributed by atoms with Crippen LogP contribution in [0.4, 0.5) is 27.5 Å². The molecule has 1 aliphatic heterocycles. The Morgan fingerprint density at radius 1 is 0.972 bits per heavy atom. The number of hydrogen-bond donors (Lipinski definition) is 3. The van der Waals surface area contributed by atoms with Crippen LogP contribution in [0.15, 0.2) is 77.1 Å². The molecule has 2 aromatic heterocycles. The maximum absolute atomic E-state index is 13.1. The molecule has 1 fully saturated rings. The van der Waals surface area contributed by atoms with Gasteiger partial charge in [0.2, 0.25) is 5.95 Å². The number of aryl methyl sites for hydroxylation is 1. The summed E-state index contributed by atoms with van der Waals surface area (Å²) in [6, 6.07) is 19.1. The first-order valence-corrected chi connectivity index (χ1v) is 13.7. The van der Waals surface area contributed by atoms with Gasteiger partial charge in [0.05, 0.1) is 0 Å². The molecule has 0 radical (unpaired) electrons. The minimum Gasteiger partial charge on any atom is -0.340 e. The Bertz CT molecular complexity index is 1250. The summed E-state index contributed by atoms with van der Waals surface area (Å²) >= 11 is 3.66. The molecule has 6 nitrogen and oxygen atoms in total. The predicted octanol–water partition coefficient (Wildman–Crippen LogP) is 6.73. The molecule has 5 rings (SSSR count). The summed E-state index contributed by atoms with van der Waals surface area (Å²) in [5.74, 6) is 0.859. The Morgan fingerprint density at radius 3 is 2.42 bits per heavy atom. The van der Waals surface area contributed by atoms with Gasteiger partial charge in [-0.2, -0.15) is 4.98 Å². The van der Waals surface area contributed by atoms with Crippen LogP contribution in [0.1, 0.15) is 23.3 Å². The molecule has 36 heavy (non-hydrogen) atoms. The highest BCUT2D eigenvalue weighted by Crippen LogP contribution is 2.28. The zero-order chi connectivity index (χ0) is 24.7. The number of rotatable bonds is 9. The Labute approximate surface area is 219 Å². The van der Waals surface area contributed by atoms with Crippen molar-refractivity contribution in [2.24, 2.45) is 0 Å². The fourth-order valence-corrected chi connectivity index (χ4v) is 5.83. The van der Waals surface area contributed by atoms with Crippen LogP contribution < -0.4 is 16.0 Å². The lowest BCUT2D eigenvalue weighted by Crippen LogP contribution is -2.39. The molecule has 2 aromatic carbocycles. The minimum absolute atomic E-state index is 0.270. The summed E-state index contributed by atoms with van der Waals surface area (Å²) in [5, 5.41) is 12.3. The third-order valence-corrected chi connectivity index (χ3v) is 8.22. The van der Waals surface area contributed by atoms with Gasteiger partial charge in [-0.1, -0.05) is 0 Å². The van der Waals surface area contributed by atoms with E-state index in [1.165, 1.54) is 27.5 Å². The number of benzene rings is 2. The highest BCUT2D eigenvalue weighted by atomic mass is 32.2. The van der Waals surface area contributed by atoms with Gasteiger partial charge >= 0.3 is 0 Å². The van der Waals surface area contributed by atoms with Gasteiger partial charge in [-0.25, -0.2) is 13.7 Å². The van der Waals surface area contributed by atoms with Crippen molar-refractivity contribution in [2.45, 2.75) is 37.2 Å². The zero-order valence-corrected chi connectivity index (χ0v) is 21.7. The second-order valence-electron chi connectivity index (χ2n) is 8.75. The van der Waals surface area contributed by atoms with Gasteiger partial charge in [0, 0.05) is 53.0 Å². The first-order chi connectivity index (χ1) is 17.6. The highest BCUT2D eigenvalue weighted by Gasteiger charge is 2.20. The number of nitrogens with zero attached hydrogens (tertiary/aromatic N) is 3. The van der Waals surface area contributed by atoms with Crippen LogP contribution in [0.25, 0.3) is 0 Å². The molecule has 1 saturated heterocycles. The van der Waals surface area contributed by atoms with Crippen molar-refractivity contribution in [2.75, 3.05) is 23.7 Å². The van der Waals surface area contributed by atoms with Gasteiger partial charge in [-0.15, -0.1) is 11.3 Å². The van der Waals surface area contributed by atoms with E-state index >= 15 is 0 Å². The summed E-state index contributed by atoms with van der Waals surface area (Å²) in [4.78, 5) is 11.5. The monoisotopic (exact) mass is 520 g/mol. The number of anilines is 4. The highest BCUT2D eigenvalue weighted by molar-refractivity contribution is 7.97. The molecule has 3 N–H and O–H groups in total. The van der Waals surface area contributed by atoms with Crippen LogP contribution in [0.2, 0.25) is 0 Å².